The molecule has 84 valence electrons. The zero-order chi connectivity index (χ0) is 11.8. The maximum absolute atomic E-state index is 11.2. The summed E-state index contributed by atoms with van der Waals surface area (Å²) in [6.07, 6.45) is 5.79. The van der Waals surface area contributed by atoms with Crippen molar-refractivity contribution in [3.8, 4) is 12.3 Å². The highest BCUT2D eigenvalue weighted by molar-refractivity contribution is 5.76. The Kier molecular flexibility index (Phi) is 5.95. The van der Waals surface area contributed by atoms with Crippen LogP contribution in [0.1, 0.15) is 20.3 Å². The first-order valence-corrected chi connectivity index (χ1v) is 4.74. The molecule has 5 nitrogen and oxygen atoms in total. The summed E-state index contributed by atoms with van der Waals surface area (Å²) in [6.45, 7) is 3.45. The first kappa shape index (κ1) is 13.3. The summed E-state index contributed by atoms with van der Waals surface area (Å²) in [6, 6.07) is -0.752. The van der Waals surface area contributed by atoms with Crippen LogP contribution in [0.4, 0.5) is 4.79 Å². The number of carboxylic acid groups (broad SMARTS) is 1. The summed E-state index contributed by atoms with van der Waals surface area (Å²) >= 11 is 0. The van der Waals surface area contributed by atoms with E-state index in [1.165, 1.54) is 6.92 Å². The molecule has 0 rings (SSSR count). The summed E-state index contributed by atoms with van der Waals surface area (Å²) in [7, 11) is 0. The van der Waals surface area contributed by atoms with E-state index in [9.17, 15) is 9.59 Å². The Bertz CT molecular complexity index is 270. The molecule has 0 saturated heterocycles. The number of carbonyl (C=O) groups excluding carboxylic acids is 1. The topological polar surface area (TPSA) is 78.4 Å². The minimum Gasteiger partial charge on any atom is -0.481 e. The molecule has 0 bridgehead atoms. The number of hydrogen-bond acceptors (Lipinski definition) is 2. The Morgan fingerprint density at radius 3 is 2.53 bits per heavy atom. The third-order valence-corrected chi connectivity index (χ3v) is 1.91. The van der Waals surface area contributed by atoms with E-state index in [4.69, 9.17) is 11.5 Å². The van der Waals surface area contributed by atoms with Crippen LogP contribution < -0.4 is 10.6 Å². The predicted octanol–water partition coefficient (Wildman–Crippen LogP) is 0.418. The molecule has 0 fully saturated rings. The Morgan fingerprint density at radius 2 is 2.13 bits per heavy atom. The lowest BCUT2D eigenvalue weighted by Crippen LogP contribution is -2.43. The van der Waals surface area contributed by atoms with Gasteiger partial charge in [-0.15, -0.1) is 6.42 Å². The van der Waals surface area contributed by atoms with E-state index in [-0.39, 0.29) is 12.6 Å². The summed E-state index contributed by atoms with van der Waals surface area (Å²) in [5.41, 5.74) is 0. The molecule has 0 spiro atoms. The zero-order valence-corrected chi connectivity index (χ0v) is 8.91. The summed E-state index contributed by atoms with van der Waals surface area (Å²) in [4.78, 5) is 21.6. The third kappa shape index (κ3) is 5.57. The van der Waals surface area contributed by atoms with Gasteiger partial charge in [-0.3, -0.25) is 4.79 Å². The molecule has 0 saturated carbocycles. The van der Waals surface area contributed by atoms with Gasteiger partial charge >= 0.3 is 12.0 Å². The Hall–Kier alpha value is -1.70. The van der Waals surface area contributed by atoms with Crippen LogP contribution >= 0.6 is 0 Å². The number of hydrogen-bond donors (Lipinski definition) is 3. The molecule has 5 heteroatoms. The van der Waals surface area contributed by atoms with Crippen molar-refractivity contribution in [1.29, 1.82) is 0 Å². The maximum atomic E-state index is 11.2. The number of urea groups is 1. The molecule has 3 N–H and O–H groups in total. The van der Waals surface area contributed by atoms with E-state index in [0.29, 0.717) is 6.42 Å². The van der Waals surface area contributed by atoms with Gasteiger partial charge in [-0.25, -0.2) is 4.79 Å². The highest BCUT2D eigenvalue weighted by Crippen LogP contribution is 1.92. The van der Waals surface area contributed by atoms with Crippen molar-refractivity contribution in [3.63, 3.8) is 0 Å². The van der Waals surface area contributed by atoms with E-state index in [0.717, 1.165) is 0 Å². The van der Waals surface area contributed by atoms with Gasteiger partial charge in [-0.1, -0.05) is 19.8 Å². The Morgan fingerprint density at radius 1 is 1.53 bits per heavy atom. The predicted molar refractivity (Wildman–Crippen MR) is 56.2 cm³/mol. The lowest BCUT2D eigenvalue weighted by atomic mass is 10.2. The highest BCUT2D eigenvalue weighted by atomic mass is 16.4. The van der Waals surface area contributed by atoms with Crippen molar-refractivity contribution in [2.75, 3.05) is 6.54 Å². The van der Waals surface area contributed by atoms with E-state index < -0.39 is 17.9 Å². The van der Waals surface area contributed by atoms with Crippen molar-refractivity contribution in [2.45, 2.75) is 26.3 Å². The molecule has 0 aromatic rings. The molecule has 2 unspecified atom stereocenters. The molecule has 0 aromatic carbocycles. The third-order valence-electron chi connectivity index (χ3n) is 1.91. The Balaban J connectivity index is 3.85. The Labute approximate surface area is 89.2 Å². The van der Waals surface area contributed by atoms with Gasteiger partial charge in [0.2, 0.25) is 0 Å². The van der Waals surface area contributed by atoms with Gasteiger partial charge in [0.1, 0.15) is 0 Å². The molecule has 15 heavy (non-hydrogen) atoms. The average molecular weight is 212 g/mol. The fourth-order valence-electron chi connectivity index (χ4n) is 0.804. The van der Waals surface area contributed by atoms with Crippen molar-refractivity contribution >= 4 is 12.0 Å². The number of aliphatic carboxylic acids is 1. The zero-order valence-electron chi connectivity index (χ0n) is 8.91. The van der Waals surface area contributed by atoms with Gasteiger partial charge < -0.3 is 15.7 Å². The quantitative estimate of drug-likeness (QED) is 0.578. The van der Waals surface area contributed by atoms with Crippen LogP contribution in [0.25, 0.3) is 0 Å². The molecule has 0 aliphatic carbocycles. The SMILES string of the molecule is C#CC(CC)NC(=O)NCC(C)C(=O)O. The van der Waals surface area contributed by atoms with Gasteiger partial charge in [-0.2, -0.15) is 0 Å². The molecule has 0 aliphatic heterocycles. The molecule has 0 radical (unpaired) electrons. The number of nitrogens with one attached hydrogen (secondary N) is 2. The van der Waals surface area contributed by atoms with Gasteiger partial charge in [-0.05, 0) is 6.42 Å². The molecule has 2 atom stereocenters. The van der Waals surface area contributed by atoms with Crippen LogP contribution in [0, 0.1) is 18.3 Å². The number of carboxylic acids is 1. The van der Waals surface area contributed by atoms with Crippen LogP contribution in [0.5, 0.6) is 0 Å². The van der Waals surface area contributed by atoms with Gasteiger partial charge in [0, 0.05) is 6.54 Å². The first-order chi connectivity index (χ1) is 7.01. The van der Waals surface area contributed by atoms with Gasteiger partial charge in [0.05, 0.1) is 12.0 Å². The summed E-state index contributed by atoms with van der Waals surface area (Å²) in [5.74, 6) is 0.850. The van der Waals surface area contributed by atoms with Crippen molar-refractivity contribution in [1.82, 2.24) is 10.6 Å². The molecule has 0 heterocycles. The van der Waals surface area contributed by atoms with E-state index >= 15 is 0 Å². The number of terminal acetylenes is 1. The van der Waals surface area contributed by atoms with Crippen LogP contribution in [0.3, 0.4) is 0 Å². The largest absolute Gasteiger partial charge is 0.481 e. The smallest absolute Gasteiger partial charge is 0.315 e. The number of amides is 2. The normalized spacial score (nSPS) is 13.4. The van der Waals surface area contributed by atoms with E-state index in [1.54, 1.807) is 0 Å². The first-order valence-electron chi connectivity index (χ1n) is 4.74. The second kappa shape index (κ2) is 6.71. The second-order valence-electron chi connectivity index (χ2n) is 3.22. The maximum Gasteiger partial charge on any atom is 0.315 e. The van der Waals surface area contributed by atoms with Gasteiger partial charge in [0.15, 0.2) is 0 Å². The van der Waals surface area contributed by atoms with Crippen LogP contribution in [-0.4, -0.2) is 29.7 Å². The van der Waals surface area contributed by atoms with Gasteiger partial charge in [0.25, 0.3) is 0 Å². The number of rotatable bonds is 5. The minimum absolute atomic E-state index is 0.0855. The van der Waals surface area contributed by atoms with E-state index in [1.807, 2.05) is 6.92 Å². The second-order valence-corrected chi connectivity index (χ2v) is 3.22. The highest BCUT2D eigenvalue weighted by Gasteiger charge is 2.13. The fraction of sp³-hybridized carbons (Fsp3) is 0.600. The lowest BCUT2D eigenvalue weighted by molar-refractivity contribution is -0.140. The molecule has 2 amide bonds. The van der Waals surface area contributed by atoms with Crippen LogP contribution in [0.15, 0.2) is 0 Å². The molecular weight excluding hydrogens is 196 g/mol. The van der Waals surface area contributed by atoms with Crippen molar-refractivity contribution in [3.05, 3.63) is 0 Å². The molecule has 0 aliphatic rings. The van der Waals surface area contributed by atoms with E-state index in [2.05, 4.69) is 16.6 Å². The average Bonchev–Trinajstić information content (AvgIpc) is 2.22. The van der Waals surface area contributed by atoms with Crippen molar-refractivity contribution < 1.29 is 14.7 Å². The number of carbonyl (C=O) groups is 2. The monoisotopic (exact) mass is 212 g/mol. The standard InChI is InChI=1S/C10H16N2O3/c1-4-8(5-2)12-10(15)11-6-7(3)9(13)14/h1,7-8H,5-6H2,2-3H3,(H,13,14)(H2,11,12,15). The lowest BCUT2D eigenvalue weighted by Gasteiger charge is -2.13. The fourth-order valence-corrected chi connectivity index (χ4v) is 0.804. The molecule has 0 aromatic heterocycles. The van der Waals surface area contributed by atoms with Crippen LogP contribution in [0.2, 0.25) is 0 Å². The summed E-state index contributed by atoms with van der Waals surface area (Å²) in [5, 5.41) is 13.5. The molecular formula is C10H16N2O3. The van der Waals surface area contributed by atoms with Crippen molar-refractivity contribution in [2.24, 2.45) is 5.92 Å². The van der Waals surface area contributed by atoms with Crippen LogP contribution in [-0.2, 0) is 4.79 Å². The summed E-state index contributed by atoms with van der Waals surface area (Å²) < 4.78 is 0. The minimum atomic E-state index is -0.945.